The van der Waals surface area contributed by atoms with Crippen LogP contribution in [-0.2, 0) is 0 Å². The zero-order valence-corrected chi connectivity index (χ0v) is 9.50. The molecule has 0 bridgehead atoms. The zero-order chi connectivity index (χ0) is 49.5. The maximum Gasteiger partial charge on any atom is 0.0267 e. The topological polar surface area (TPSA) is 0 Å². The Labute approximate surface area is 180 Å². The van der Waals surface area contributed by atoms with Gasteiger partial charge in [-0.1, -0.05) is 122 Å². The summed E-state index contributed by atoms with van der Waals surface area (Å²) < 4.78 is 318. The Kier molecular flexibility index (Phi) is 1.73. The van der Waals surface area contributed by atoms with E-state index in [1.165, 1.54) is 0 Å². The molecule has 0 amide bonds. The third-order valence-corrected chi connectivity index (χ3v) is 1.00. The molecule has 0 saturated carbocycles. The van der Waals surface area contributed by atoms with Gasteiger partial charge in [-0.3, -0.25) is 0 Å². The van der Waals surface area contributed by atoms with Crippen LogP contribution in [0, 0.1) is 0 Å². The minimum Gasteiger partial charge on any atom is -0.0654 e. The van der Waals surface area contributed by atoms with Gasteiger partial charge < -0.3 is 0 Å². The highest BCUT2D eigenvalue weighted by Crippen LogP contribution is 2.13. The third-order valence-electron chi connectivity index (χ3n) is 1.00. The monoisotopic (exact) mass is 309 g/mol. The molecule has 0 saturated heterocycles. The van der Waals surface area contributed by atoms with Gasteiger partial charge >= 0.3 is 0 Å². The smallest absolute Gasteiger partial charge is 0.0267 e. The van der Waals surface area contributed by atoms with Crippen LogP contribution in [0.3, 0.4) is 0 Å². The van der Waals surface area contributed by atoms with Crippen LogP contribution in [0.4, 0.5) is 0 Å². The lowest BCUT2D eigenvalue weighted by molar-refractivity contribution is 0.529. The fourth-order valence-electron chi connectivity index (χ4n) is 0.469. The van der Waals surface area contributed by atoms with E-state index < -0.39 is 122 Å². The Morgan fingerprint density at radius 3 is 0.842 bits per heavy atom. The van der Waals surface area contributed by atoms with Crippen LogP contribution in [0.2, 0.25) is 0 Å². The molecule has 0 nitrogen and oxygen atoms in total. The van der Waals surface area contributed by atoms with E-state index in [1.54, 1.807) is 0 Å². The van der Waals surface area contributed by atoms with Crippen LogP contribution in [0.1, 0.15) is 177 Å². The van der Waals surface area contributed by atoms with Crippen molar-refractivity contribution in [3.63, 3.8) is 0 Å². The van der Waals surface area contributed by atoms with E-state index >= 15 is 0 Å². The summed E-state index contributed by atoms with van der Waals surface area (Å²) in [5, 5.41) is 0. The summed E-state index contributed by atoms with van der Waals surface area (Å²) in [5.41, 5.74) is 0. The van der Waals surface area contributed by atoms with Crippen LogP contribution in [0.15, 0.2) is 0 Å². The average Bonchev–Trinajstić information content (AvgIpc) is 2.98. The molecular weight excluding hydrogens is 228 g/mol. The van der Waals surface area contributed by atoms with Crippen molar-refractivity contribution in [3.05, 3.63) is 0 Å². The number of hydrogen-bond acceptors (Lipinski definition) is 0. The van der Waals surface area contributed by atoms with Gasteiger partial charge in [0, 0.05) is 54.8 Å². The first kappa shape index (κ1) is 1.83. The highest BCUT2D eigenvalue weighted by Gasteiger charge is 1.94. The number of hydrogen-bond donors (Lipinski definition) is 0. The van der Waals surface area contributed by atoms with Crippen molar-refractivity contribution < 1.29 is 54.8 Å². The molecule has 0 atom stereocenters. The van der Waals surface area contributed by atoms with E-state index in [2.05, 4.69) is 0 Å². The second-order valence-corrected chi connectivity index (χ2v) is 2.12. The van der Waals surface area contributed by atoms with Crippen molar-refractivity contribution in [2.75, 3.05) is 0 Å². The Bertz CT molecular complexity index is 1410. The first-order valence-corrected chi connectivity index (χ1v) is 4.50. The molecule has 116 valence electrons. The minimum absolute atomic E-state index is 4.17. The molecule has 0 spiro atoms. The van der Waals surface area contributed by atoms with Crippen LogP contribution in [-0.4, -0.2) is 0 Å². The van der Waals surface area contributed by atoms with E-state index in [0.717, 1.165) is 0 Å². The minimum atomic E-state index is -5.31. The fraction of sp³-hybridized carbons (Fsp3) is 1.00. The fourth-order valence-corrected chi connectivity index (χ4v) is 0.469. The van der Waals surface area contributed by atoms with E-state index in [9.17, 15) is 0 Å². The standard InChI is InChI=1S/C19H40/c1-3-5-7-9-11-13-15-17-19-18-16-14-12-10-8-6-4-2/h3-19H2,1-2H3/i1D3,2D3,3D2,4D2,5D2,6D2,7D2,8D2,9D2,10D2,11D2,12D2,13D2,14D2,15D2,16D2,17D2,18D2,19D2. The second-order valence-electron chi connectivity index (χ2n) is 2.12. The molecule has 0 rings (SSSR count). The molecule has 0 N–H and O–H groups in total. The van der Waals surface area contributed by atoms with Gasteiger partial charge in [-0.05, 0) is 0 Å². The predicted molar refractivity (Wildman–Crippen MR) is 89.8 cm³/mol. The first-order chi connectivity index (χ1) is 24.5. The molecule has 0 aromatic rings. The van der Waals surface area contributed by atoms with Crippen molar-refractivity contribution in [1.29, 1.82) is 0 Å². The third kappa shape index (κ3) is 18.0. The maximum atomic E-state index is 8.25. The summed E-state index contributed by atoms with van der Waals surface area (Å²) in [6.45, 7) is -8.34. The summed E-state index contributed by atoms with van der Waals surface area (Å²) in [7, 11) is 0. The normalized spacial score (nSPS) is 56.4. The van der Waals surface area contributed by atoms with E-state index in [0.29, 0.717) is 0 Å². The Morgan fingerprint density at radius 1 is 0.421 bits per heavy atom. The van der Waals surface area contributed by atoms with Crippen LogP contribution in [0.5, 0.6) is 0 Å². The van der Waals surface area contributed by atoms with Gasteiger partial charge in [-0.25, -0.2) is 0 Å². The zero-order valence-electron chi connectivity index (χ0n) is 49.5. The van der Waals surface area contributed by atoms with Crippen molar-refractivity contribution in [2.45, 2.75) is 122 Å². The Balaban J connectivity index is 7.92. The quantitative estimate of drug-likeness (QED) is 0.274. The van der Waals surface area contributed by atoms with Crippen molar-refractivity contribution in [2.24, 2.45) is 0 Å². The number of rotatable bonds is 16. The summed E-state index contributed by atoms with van der Waals surface area (Å²) in [4.78, 5) is 0. The molecule has 0 aliphatic rings. The molecule has 0 aliphatic heterocycles. The van der Waals surface area contributed by atoms with Crippen molar-refractivity contribution in [1.82, 2.24) is 0 Å². The predicted octanol–water partition coefficient (Wildman–Crippen LogP) is 7.66. The molecule has 0 fully saturated rings. The van der Waals surface area contributed by atoms with Gasteiger partial charge in [0.25, 0.3) is 0 Å². The SMILES string of the molecule is [2H]C([2H])([2H])C([2H])([2H])C([2H])([2H])C([2H])([2H])C([2H])([2H])C([2H])([2H])C([2H])([2H])C([2H])([2H])C([2H])([2H])C([2H])([2H])C([2H])([2H])C([2H])([2H])C([2H])([2H])C([2H])([2H])C([2H])([2H])C([2H])([2H])C([2H])([2H])C([2H])([2H])C([2H])([2H])[2H]. The summed E-state index contributed by atoms with van der Waals surface area (Å²) in [5.74, 6) is 0. The Morgan fingerprint density at radius 2 is 0.632 bits per heavy atom. The lowest BCUT2D eigenvalue weighted by Crippen LogP contribution is -1.83. The molecule has 0 heteroatoms. The van der Waals surface area contributed by atoms with Crippen LogP contribution < -0.4 is 0 Å². The van der Waals surface area contributed by atoms with E-state index in [1.807, 2.05) is 0 Å². The van der Waals surface area contributed by atoms with Crippen molar-refractivity contribution in [3.8, 4) is 0 Å². The summed E-state index contributed by atoms with van der Waals surface area (Å²) in [6.07, 6.45) is -85.6. The lowest BCUT2D eigenvalue weighted by Gasteiger charge is -2.03. The average molecular weight is 309 g/mol. The largest absolute Gasteiger partial charge is 0.0654 e. The second kappa shape index (κ2) is 18.0. The molecule has 0 heterocycles. The maximum absolute atomic E-state index is 8.25. The van der Waals surface area contributed by atoms with Gasteiger partial charge in [0.05, 0.1) is 0 Å². The molecule has 0 aromatic heterocycles. The summed E-state index contributed by atoms with van der Waals surface area (Å²) in [6, 6.07) is 0. The highest BCUT2D eigenvalue weighted by molar-refractivity contribution is 4.49. The van der Waals surface area contributed by atoms with E-state index in [4.69, 9.17) is 54.8 Å². The van der Waals surface area contributed by atoms with Gasteiger partial charge in [0.15, 0.2) is 0 Å². The van der Waals surface area contributed by atoms with Gasteiger partial charge in [0.2, 0.25) is 0 Å². The Hall–Kier alpha value is 0. The molecule has 19 heavy (non-hydrogen) atoms. The molecule has 0 aromatic carbocycles. The van der Waals surface area contributed by atoms with Crippen molar-refractivity contribution >= 4 is 0 Å². The first-order valence-electron chi connectivity index (χ1n) is 24.5. The van der Waals surface area contributed by atoms with Gasteiger partial charge in [0.1, 0.15) is 0 Å². The molecule has 0 unspecified atom stereocenters. The van der Waals surface area contributed by atoms with Gasteiger partial charge in [-0.2, -0.15) is 0 Å². The van der Waals surface area contributed by atoms with Gasteiger partial charge in [-0.15, -0.1) is 0 Å². The summed E-state index contributed by atoms with van der Waals surface area (Å²) >= 11 is 0. The van der Waals surface area contributed by atoms with Crippen LogP contribution >= 0.6 is 0 Å². The molecule has 0 radical (unpaired) electrons. The molecule has 0 aliphatic carbocycles. The van der Waals surface area contributed by atoms with Crippen LogP contribution in [0.25, 0.3) is 0 Å². The highest BCUT2D eigenvalue weighted by atomic mass is 14.0. The molecular formula is C19H40. The lowest BCUT2D eigenvalue weighted by atomic mass is 10.0. The van der Waals surface area contributed by atoms with E-state index in [-0.39, 0.29) is 0 Å².